The van der Waals surface area contributed by atoms with Crippen molar-refractivity contribution in [2.75, 3.05) is 13.2 Å². The van der Waals surface area contributed by atoms with Crippen LogP contribution < -0.4 is 10.1 Å². The number of carbonyl (C=O) groups is 2. The van der Waals surface area contributed by atoms with E-state index < -0.39 is 32.1 Å². The molecule has 11 heteroatoms. The number of nitrogens with one attached hydrogen (secondary N) is 1. The molecule has 0 aliphatic carbocycles. The second-order valence-electron chi connectivity index (χ2n) is 11.2. The Kier molecular flexibility index (Phi) is 9.67. The zero-order valence-electron chi connectivity index (χ0n) is 22.6. The Balaban J connectivity index is 1.87. The van der Waals surface area contributed by atoms with Gasteiger partial charge in [0.05, 0.1) is 11.9 Å². The maximum atomic E-state index is 11.7. The van der Waals surface area contributed by atoms with Gasteiger partial charge in [0.25, 0.3) is 0 Å². The number of aryl methyl sites for hydroxylation is 1. The summed E-state index contributed by atoms with van der Waals surface area (Å²) in [7, 11) is -2.26. The summed E-state index contributed by atoms with van der Waals surface area (Å²) in [4.78, 5) is 32.2. The van der Waals surface area contributed by atoms with Crippen molar-refractivity contribution in [3.63, 3.8) is 0 Å². The van der Waals surface area contributed by atoms with Gasteiger partial charge in [0.2, 0.25) is 0 Å². The summed E-state index contributed by atoms with van der Waals surface area (Å²) < 4.78 is 18.7. The molecular formula is C25H40N4O6Si. The van der Waals surface area contributed by atoms with Gasteiger partial charge in [-0.1, -0.05) is 20.8 Å². The molecule has 0 radical (unpaired) electrons. The number of carbonyl (C=O) groups excluding carboxylic acids is 1. The highest BCUT2D eigenvalue weighted by atomic mass is 28.4. The summed E-state index contributed by atoms with van der Waals surface area (Å²) in [5, 5.41) is 12.2. The predicted octanol–water partition coefficient (Wildman–Crippen LogP) is 4.58. The molecule has 1 atom stereocenters. The zero-order valence-corrected chi connectivity index (χ0v) is 23.6. The third-order valence-corrected chi connectivity index (χ3v) is 10.3. The molecule has 0 aliphatic rings. The van der Waals surface area contributed by atoms with Crippen molar-refractivity contribution in [3.8, 4) is 11.6 Å². The van der Waals surface area contributed by atoms with Gasteiger partial charge >= 0.3 is 12.1 Å². The maximum Gasteiger partial charge on any atom is 0.407 e. The highest BCUT2D eigenvalue weighted by Crippen LogP contribution is 2.37. The molecule has 1 unspecified atom stereocenters. The summed E-state index contributed by atoms with van der Waals surface area (Å²) in [5.74, 6) is 0.0642. The molecule has 0 saturated carbocycles. The number of nitrogens with zero attached hydrogens (tertiary/aromatic N) is 3. The van der Waals surface area contributed by atoms with Gasteiger partial charge in [0.15, 0.2) is 14.4 Å². The van der Waals surface area contributed by atoms with Crippen LogP contribution in [-0.4, -0.2) is 64.9 Å². The van der Waals surface area contributed by atoms with Gasteiger partial charge in [-0.05, 0) is 63.9 Å². The van der Waals surface area contributed by atoms with E-state index in [2.05, 4.69) is 36.1 Å². The molecule has 1 amide bonds. The molecule has 0 saturated heterocycles. The van der Waals surface area contributed by atoms with Gasteiger partial charge in [-0.25, -0.2) is 19.6 Å². The molecule has 2 aromatic rings. The predicted molar refractivity (Wildman–Crippen MR) is 139 cm³/mol. The standard InChI is InChI=1S/C25H40N4O6Si/c1-24(2,3)34-23(32)26-13-9-10-18-15-29(17-28-18)21-12-11-19(14-27-21)33-16-20(22(30)31)35-36(7,8)25(4,5)6/h11-12,14-15,17,20H,9-10,13,16H2,1-8H3,(H,26,32)(H,30,31). The fourth-order valence-electron chi connectivity index (χ4n) is 2.86. The van der Waals surface area contributed by atoms with E-state index in [1.165, 1.54) is 0 Å². The summed E-state index contributed by atoms with van der Waals surface area (Å²) in [5.41, 5.74) is 0.350. The third-order valence-electron chi connectivity index (χ3n) is 5.82. The van der Waals surface area contributed by atoms with Crippen molar-refractivity contribution < 1.29 is 28.6 Å². The summed E-state index contributed by atoms with van der Waals surface area (Å²) in [6.45, 7) is 16.1. The largest absolute Gasteiger partial charge is 0.489 e. The second-order valence-corrected chi connectivity index (χ2v) is 15.9. The highest BCUT2D eigenvalue weighted by molar-refractivity contribution is 6.74. The van der Waals surface area contributed by atoms with E-state index in [4.69, 9.17) is 13.9 Å². The lowest BCUT2D eigenvalue weighted by Gasteiger charge is -2.38. The Morgan fingerprint density at radius 3 is 2.39 bits per heavy atom. The second kappa shape index (κ2) is 11.9. The van der Waals surface area contributed by atoms with Crippen LogP contribution in [0.3, 0.4) is 0 Å². The van der Waals surface area contributed by atoms with Gasteiger partial charge in [0, 0.05) is 12.7 Å². The molecule has 2 N–H and O–H groups in total. The summed E-state index contributed by atoms with van der Waals surface area (Å²) in [6.07, 6.45) is 5.03. The number of pyridine rings is 1. The van der Waals surface area contributed by atoms with Crippen molar-refractivity contribution in [3.05, 3.63) is 36.5 Å². The number of rotatable bonds is 11. The van der Waals surface area contributed by atoms with E-state index in [9.17, 15) is 14.7 Å². The molecule has 0 bridgehead atoms. The minimum atomic E-state index is -2.26. The highest BCUT2D eigenvalue weighted by Gasteiger charge is 2.41. The van der Waals surface area contributed by atoms with Crippen molar-refractivity contribution in [1.82, 2.24) is 19.9 Å². The average Bonchev–Trinajstić information content (AvgIpc) is 3.21. The number of carboxylic acids is 1. The first-order valence-corrected chi connectivity index (χ1v) is 15.0. The van der Waals surface area contributed by atoms with Crippen LogP contribution in [0.4, 0.5) is 4.79 Å². The first kappa shape index (κ1) is 29.3. The van der Waals surface area contributed by atoms with Crippen LogP contribution in [0.2, 0.25) is 18.1 Å². The number of aromatic nitrogens is 3. The molecule has 200 valence electrons. The first-order valence-electron chi connectivity index (χ1n) is 12.1. The Morgan fingerprint density at radius 2 is 1.83 bits per heavy atom. The first-order chi connectivity index (χ1) is 16.6. The smallest absolute Gasteiger partial charge is 0.407 e. The van der Waals surface area contributed by atoms with E-state index in [1.54, 1.807) is 29.2 Å². The number of imidazole rings is 1. The molecule has 0 spiro atoms. The lowest BCUT2D eigenvalue weighted by Crippen LogP contribution is -2.47. The molecule has 0 fully saturated rings. The number of carboxylic acid groups (broad SMARTS) is 1. The Bertz CT molecular complexity index is 1010. The van der Waals surface area contributed by atoms with Crippen LogP contribution in [0.1, 0.15) is 53.7 Å². The molecule has 36 heavy (non-hydrogen) atoms. The minimum Gasteiger partial charge on any atom is -0.489 e. The number of alkyl carbamates (subject to hydrolysis) is 1. The molecule has 0 aromatic carbocycles. The quantitative estimate of drug-likeness (QED) is 0.326. The Hall–Kier alpha value is -2.92. The van der Waals surface area contributed by atoms with Crippen LogP contribution in [0.5, 0.6) is 5.75 Å². The molecule has 10 nitrogen and oxygen atoms in total. The molecule has 2 rings (SSSR count). The topological polar surface area (TPSA) is 125 Å². The van der Waals surface area contributed by atoms with Gasteiger partial charge in [-0.15, -0.1) is 0 Å². The van der Waals surface area contributed by atoms with E-state index in [0.29, 0.717) is 24.5 Å². The number of aliphatic carboxylic acids is 1. The van der Waals surface area contributed by atoms with Gasteiger partial charge in [-0.3, -0.25) is 4.57 Å². The SMILES string of the molecule is CC(C)(C)OC(=O)NCCCc1cn(-c2ccc(OCC(O[Si](C)(C)C(C)(C)C)C(=O)O)cn2)cn1. The van der Waals surface area contributed by atoms with E-state index >= 15 is 0 Å². The molecular weight excluding hydrogens is 480 g/mol. The average molecular weight is 521 g/mol. The maximum absolute atomic E-state index is 11.7. The minimum absolute atomic E-state index is 0.102. The van der Waals surface area contributed by atoms with Crippen LogP contribution in [0.15, 0.2) is 30.9 Å². The lowest BCUT2D eigenvalue weighted by molar-refractivity contribution is -0.147. The number of hydrogen-bond donors (Lipinski definition) is 2. The number of amides is 1. The van der Waals surface area contributed by atoms with Crippen molar-refractivity contribution in [1.29, 1.82) is 0 Å². The zero-order chi connectivity index (χ0) is 27.1. The lowest BCUT2D eigenvalue weighted by atomic mass is 10.2. The summed E-state index contributed by atoms with van der Waals surface area (Å²) in [6, 6.07) is 3.51. The number of ether oxygens (including phenoxy) is 2. The fraction of sp³-hybridized carbons (Fsp3) is 0.600. The van der Waals surface area contributed by atoms with Gasteiger partial charge < -0.3 is 24.3 Å². The van der Waals surface area contributed by atoms with Crippen LogP contribution in [-0.2, 0) is 20.4 Å². The normalized spacial score (nSPS) is 13.2. The van der Waals surface area contributed by atoms with Crippen LogP contribution in [0.25, 0.3) is 5.82 Å². The molecule has 2 aromatic heterocycles. The van der Waals surface area contributed by atoms with Gasteiger partial charge in [-0.2, -0.15) is 0 Å². The Morgan fingerprint density at radius 1 is 1.14 bits per heavy atom. The van der Waals surface area contributed by atoms with Crippen LogP contribution in [0, 0.1) is 0 Å². The van der Waals surface area contributed by atoms with E-state index in [-0.39, 0.29) is 11.6 Å². The fourth-order valence-corrected chi connectivity index (χ4v) is 4.10. The molecule has 2 heterocycles. The monoisotopic (exact) mass is 520 g/mol. The van der Waals surface area contributed by atoms with E-state index in [1.807, 2.05) is 40.1 Å². The van der Waals surface area contributed by atoms with Crippen molar-refractivity contribution in [2.45, 2.75) is 84.2 Å². The van der Waals surface area contributed by atoms with Gasteiger partial charge in [0.1, 0.15) is 30.1 Å². The number of hydrogen-bond acceptors (Lipinski definition) is 7. The molecule has 0 aliphatic heterocycles. The van der Waals surface area contributed by atoms with E-state index in [0.717, 1.165) is 12.1 Å². The Labute approximate surface area is 214 Å². The van der Waals surface area contributed by atoms with Crippen molar-refractivity contribution >= 4 is 20.4 Å². The summed E-state index contributed by atoms with van der Waals surface area (Å²) >= 11 is 0. The third kappa shape index (κ3) is 9.27. The van der Waals surface area contributed by atoms with Crippen LogP contribution >= 0.6 is 0 Å². The van der Waals surface area contributed by atoms with Crippen molar-refractivity contribution in [2.24, 2.45) is 0 Å².